The van der Waals surface area contributed by atoms with Crippen molar-refractivity contribution in [1.82, 2.24) is 28.3 Å². The monoisotopic (exact) mass is 622 g/mol. The third-order valence-electron chi connectivity index (χ3n) is 9.00. The number of allylic oxidation sites excluding steroid dienone is 2. The summed E-state index contributed by atoms with van der Waals surface area (Å²) in [5.41, 5.74) is 4.35. The molecule has 9 heteroatoms. The van der Waals surface area contributed by atoms with Gasteiger partial charge in [-0.05, 0) is 42.5 Å². The smallest absolute Gasteiger partial charge is 0.144 e. The van der Waals surface area contributed by atoms with Crippen LogP contribution in [0.5, 0.6) is 11.5 Å². The van der Waals surface area contributed by atoms with E-state index in [-0.39, 0.29) is 11.8 Å². The SMILES string of the molecule is COc1ccn2c(C(C)CC3C=C(COCCn4ccnc4C(C)C)C=CC3)nc(CC(C)c3ncc4c(OC)cccn34)c2c1. The highest BCUT2D eigenvalue weighted by molar-refractivity contribution is 5.60. The predicted octanol–water partition coefficient (Wildman–Crippen LogP) is 7.38. The first kappa shape index (κ1) is 31.6. The summed E-state index contributed by atoms with van der Waals surface area (Å²) < 4.78 is 23.8. The summed E-state index contributed by atoms with van der Waals surface area (Å²) in [5.74, 6) is 6.05. The van der Waals surface area contributed by atoms with E-state index in [1.165, 1.54) is 5.57 Å². The molecule has 9 nitrogen and oxygen atoms in total. The van der Waals surface area contributed by atoms with E-state index in [1.54, 1.807) is 14.2 Å². The second kappa shape index (κ2) is 14.0. The number of hydrogen-bond donors (Lipinski definition) is 0. The Labute approximate surface area is 271 Å². The molecule has 3 atom stereocenters. The first-order valence-electron chi connectivity index (χ1n) is 16.4. The van der Waals surface area contributed by atoms with Crippen molar-refractivity contribution < 1.29 is 14.2 Å². The molecule has 0 N–H and O–H groups in total. The lowest BCUT2D eigenvalue weighted by molar-refractivity contribution is 0.147. The number of pyridine rings is 2. The number of imidazole rings is 3. The highest BCUT2D eigenvalue weighted by Gasteiger charge is 2.23. The Hall–Kier alpha value is -4.37. The van der Waals surface area contributed by atoms with Crippen LogP contribution in [0.25, 0.3) is 11.0 Å². The molecule has 1 aliphatic carbocycles. The first-order valence-corrected chi connectivity index (χ1v) is 16.4. The standard InChI is InChI=1S/C37H46N6O3/c1-25(2)35-38-13-16-41(35)17-18-46-24-29-10-7-9-28(21-29)19-26(3)37-40-31(32-22-30(44-5)12-15-43(32)37)20-27(4)36-39-23-33-34(45-6)11-8-14-42(33)36/h7-8,10-16,21-23,25-28H,9,17-20,24H2,1-6H3. The Morgan fingerprint density at radius 3 is 2.57 bits per heavy atom. The summed E-state index contributed by atoms with van der Waals surface area (Å²) in [5, 5.41) is 0. The van der Waals surface area contributed by atoms with Gasteiger partial charge in [-0.2, -0.15) is 0 Å². The maximum atomic E-state index is 6.10. The second-order valence-electron chi connectivity index (χ2n) is 12.8. The van der Waals surface area contributed by atoms with Crippen molar-refractivity contribution in [1.29, 1.82) is 0 Å². The van der Waals surface area contributed by atoms with Gasteiger partial charge in [-0.25, -0.2) is 15.0 Å². The van der Waals surface area contributed by atoms with Gasteiger partial charge in [-0.1, -0.05) is 45.9 Å². The van der Waals surface area contributed by atoms with Crippen molar-refractivity contribution in [2.24, 2.45) is 5.92 Å². The highest BCUT2D eigenvalue weighted by Crippen LogP contribution is 2.33. The topological polar surface area (TPSA) is 80.1 Å². The molecular weight excluding hydrogens is 576 g/mol. The Balaban J connectivity index is 1.15. The van der Waals surface area contributed by atoms with E-state index in [0.29, 0.717) is 25.0 Å². The van der Waals surface area contributed by atoms with Crippen molar-refractivity contribution in [3.8, 4) is 11.5 Å². The Bertz CT molecular complexity index is 1840. The van der Waals surface area contributed by atoms with Gasteiger partial charge in [0.1, 0.15) is 34.5 Å². The molecule has 0 fully saturated rings. The average Bonchev–Trinajstić information content (AvgIpc) is 3.80. The van der Waals surface area contributed by atoms with E-state index in [2.05, 4.69) is 76.5 Å². The molecule has 0 radical (unpaired) electrons. The minimum Gasteiger partial charge on any atom is -0.497 e. The molecule has 0 saturated heterocycles. The largest absolute Gasteiger partial charge is 0.497 e. The van der Waals surface area contributed by atoms with Crippen molar-refractivity contribution >= 4 is 11.0 Å². The lowest BCUT2D eigenvalue weighted by Crippen LogP contribution is -2.12. The molecule has 0 amide bonds. The van der Waals surface area contributed by atoms with Gasteiger partial charge >= 0.3 is 0 Å². The third-order valence-corrected chi connectivity index (χ3v) is 9.00. The summed E-state index contributed by atoms with van der Waals surface area (Å²) in [6, 6.07) is 8.08. The van der Waals surface area contributed by atoms with Gasteiger partial charge in [0.2, 0.25) is 0 Å². The first-order chi connectivity index (χ1) is 22.4. The average molecular weight is 623 g/mol. The zero-order valence-corrected chi connectivity index (χ0v) is 27.9. The fraction of sp³-hybridized carbons (Fsp3) is 0.432. The molecular formula is C37H46N6O3. The van der Waals surface area contributed by atoms with Gasteiger partial charge in [0.25, 0.3) is 0 Å². The molecule has 3 unspecified atom stereocenters. The molecule has 0 bridgehead atoms. The van der Waals surface area contributed by atoms with Crippen LogP contribution in [-0.2, 0) is 17.7 Å². The number of rotatable bonds is 14. The molecule has 5 aromatic rings. The molecule has 0 aromatic carbocycles. The van der Waals surface area contributed by atoms with Crippen LogP contribution in [0.4, 0.5) is 0 Å². The van der Waals surface area contributed by atoms with Gasteiger partial charge in [-0.3, -0.25) is 0 Å². The number of nitrogens with zero attached hydrogens (tertiary/aromatic N) is 6. The Morgan fingerprint density at radius 2 is 1.76 bits per heavy atom. The van der Waals surface area contributed by atoms with Crippen LogP contribution >= 0.6 is 0 Å². The molecule has 0 saturated carbocycles. The quantitative estimate of drug-likeness (QED) is 0.120. The van der Waals surface area contributed by atoms with E-state index in [9.17, 15) is 0 Å². The van der Waals surface area contributed by atoms with Crippen LogP contribution in [-0.4, -0.2) is 55.8 Å². The lowest BCUT2D eigenvalue weighted by atomic mass is 9.88. The minimum absolute atomic E-state index is 0.141. The maximum absolute atomic E-state index is 6.10. The Morgan fingerprint density at radius 1 is 0.913 bits per heavy atom. The third kappa shape index (κ3) is 6.60. The zero-order valence-electron chi connectivity index (χ0n) is 27.9. The molecule has 6 rings (SSSR count). The molecule has 242 valence electrons. The van der Waals surface area contributed by atoms with Gasteiger partial charge < -0.3 is 27.6 Å². The Kier molecular flexibility index (Phi) is 9.59. The summed E-state index contributed by atoms with van der Waals surface area (Å²) in [7, 11) is 3.40. The normalized spacial score (nSPS) is 16.3. The van der Waals surface area contributed by atoms with E-state index in [1.807, 2.05) is 43.0 Å². The fourth-order valence-corrected chi connectivity index (χ4v) is 6.72. The van der Waals surface area contributed by atoms with Crippen molar-refractivity contribution in [2.75, 3.05) is 27.4 Å². The highest BCUT2D eigenvalue weighted by atomic mass is 16.5. The van der Waals surface area contributed by atoms with Gasteiger partial charge in [0.05, 0.1) is 44.8 Å². The van der Waals surface area contributed by atoms with E-state index in [0.717, 1.165) is 71.5 Å². The summed E-state index contributed by atoms with van der Waals surface area (Å²) in [6.45, 7) is 10.9. The summed E-state index contributed by atoms with van der Waals surface area (Å²) in [6.07, 6.45) is 19.6. The molecule has 5 heterocycles. The van der Waals surface area contributed by atoms with E-state index in [4.69, 9.17) is 24.2 Å². The molecule has 0 aliphatic heterocycles. The van der Waals surface area contributed by atoms with Crippen LogP contribution in [0.2, 0.25) is 0 Å². The van der Waals surface area contributed by atoms with Gasteiger partial charge in [-0.15, -0.1) is 0 Å². The predicted molar refractivity (Wildman–Crippen MR) is 181 cm³/mol. The number of hydrogen-bond acceptors (Lipinski definition) is 6. The van der Waals surface area contributed by atoms with Gasteiger partial charge in [0.15, 0.2) is 0 Å². The second-order valence-corrected chi connectivity index (χ2v) is 12.8. The van der Waals surface area contributed by atoms with Crippen LogP contribution in [0.15, 0.2) is 79.1 Å². The zero-order chi connectivity index (χ0) is 32.2. The lowest BCUT2D eigenvalue weighted by Gasteiger charge is -2.20. The van der Waals surface area contributed by atoms with Crippen LogP contribution in [0.3, 0.4) is 0 Å². The number of methoxy groups -OCH3 is 2. The fourth-order valence-electron chi connectivity index (χ4n) is 6.72. The van der Waals surface area contributed by atoms with Gasteiger partial charge in [0, 0.05) is 61.6 Å². The number of fused-ring (bicyclic) bond motifs is 2. The van der Waals surface area contributed by atoms with E-state index < -0.39 is 0 Å². The van der Waals surface area contributed by atoms with Crippen LogP contribution < -0.4 is 9.47 Å². The number of aromatic nitrogens is 6. The van der Waals surface area contributed by atoms with Crippen molar-refractivity contribution in [3.63, 3.8) is 0 Å². The molecule has 46 heavy (non-hydrogen) atoms. The number of ether oxygens (including phenoxy) is 3. The van der Waals surface area contributed by atoms with E-state index >= 15 is 0 Å². The molecule has 1 aliphatic rings. The van der Waals surface area contributed by atoms with Crippen LogP contribution in [0, 0.1) is 5.92 Å². The summed E-state index contributed by atoms with van der Waals surface area (Å²) >= 11 is 0. The minimum atomic E-state index is 0.141. The van der Waals surface area contributed by atoms with Crippen LogP contribution in [0.1, 0.15) is 81.5 Å². The van der Waals surface area contributed by atoms with Crippen molar-refractivity contribution in [3.05, 3.63) is 102 Å². The summed E-state index contributed by atoms with van der Waals surface area (Å²) in [4.78, 5) is 14.6. The molecule has 5 aromatic heterocycles. The maximum Gasteiger partial charge on any atom is 0.144 e. The molecule has 0 spiro atoms. The van der Waals surface area contributed by atoms with Crippen molar-refractivity contribution in [2.45, 2.75) is 71.3 Å².